The molecule has 0 aliphatic heterocycles. The molecule has 5 nitrogen and oxygen atoms in total. The summed E-state index contributed by atoms with van der Waals surface area (Å²) < 4.78 is 25.4. The molecule has 158 valence electrons. The smallest absolute Gasteiger partial charge is 0.253 e. The third-order valence-electron chi connectivity index (χ3n) is 6.75. The van der Waals surface area contributed by atoms with Gasteiger partial charge in [-0.2, -0.15) is 0 Å². The standard InChI is InChI=1S/C22H29ClN2O3S/c1-13-4-7-18-19(22(26)24-17-11-15-5-6-16(10-15)12-17)14(2)25(21(18)20(13)23)8-9-29(3,27)28/h4,7,15-17H,5-6,8-12H2,1-3H3,(H,24,26). The molecule has 2 atom stereocenters. The van der Waals surface area contributed by atoms with Gasteiger partial charge in [0.25, 0.3) is 5.91 Å². The molecule has 2 unspecified atom stereocenters. The molecular formula is C22H29ClN2O3S. The number of hydrogen-bond donors (Lipinski definition) is 1. The van der Waals surface area contributed by atoms with Crippen LogP contribution in [0.5, 0.6) is 0 Å². The summed E-state index contributed by atoms with van der Waals surface area (Å²) in [5.74, 6) is 1.42. The minimum atomic E-state index is -3.13. The Morgan fingerprint density at radius 2 is 1.83 bits per heavy atom. The zero-order chi connectivity index (χ0) is 20.9. The van der Waals surface area contributed by atoms with Crippen LogP contribution in [-0.4, -0.2) is 36.9 Å². The summed E-state index contributed by atoms with van der Waals surface area (Å²) in [6.07, 6.45) is 7.24. The highest BCUT2D eigenvalue weighted by Crippen LogP contribution is 2.42. The summed E-state index contributed by atoms with van der Waals surface area (Å²) in [4.78, 5) is 13.3. The van der Waals surface area contributed by atoms with E-state index in [1.807, 2.05) is 30.5 Å². The Kier molecular flexibility index (Phi) is 5.45. The lowest BCUT2D eigenvalue weighted by Gasteiger charge is -2.28. The van der Waals surface area contributed by atoms with Gasteiger partial charge in [-0.3, -0.25) is 4.79 Å². The van der Waals surface area contributed by atoms with Gasteiger partial charge in [0.1, 0.15) is 9.84 Å². The van der Waals surface area contributed by atoms with E-state index in [0.717, 1.165) is 46.8 Å². The topological polar surface area (TPSA) is 68.2 Å². The van der Waals surface area contributed by atoms with Gasteiger partial charge in [-0.1, -0.05) is 36.6 Å². The number of nitrogens with zero attached hydrogens (tertiary/aromatic N) is 1. The van der Waals surface area contributed by atoms with Crippen LogP contribution in [0.15, 0.2) is 12.1 Å². The highest BCUT2D eigenvalue weighted by molar-refractivity contribution is 7.90. The lowest BCUT2D eigenvalue weighted by Crippen LogP contribution is -2.39. The predicted octanol–water partition coefficient (Wildman–Crippen LogP) is 4.26. The second-order valence-electron chi connectivity index (χ2n) is 9.02. The molecule has 29 heavy (non-hydrogen) atoms. The minimum absolute atomic E-state index is 0.00886. The first-order valence-electron chi connectivity index (χ1n) is 10.4. The average Bonchev–Trinajstić information content (AvgIpc) is 3.12. The first kappa shape index (κ1) is 20.7. The Balaban J connectivity index is 1.70. The number of nitrogens with one attached hydrogen (secondary N) is 1. The zero-order valence-corrected chi connectivity index (χ0v) is 18.9. The van der Waals surface area contributed by atoms with Gasteiger partial charge in [0.2, 0.25) is 0 Å². The van der Waals surface area contributed by atoms with Gasteiger partial charge < -0.3 is 9.88 Å². The Morgan fingerprint density at radius 1 is 1.17 bits per heavy atom. The highest BCUT2D eigenvalue weighted by Gasteiger charge is 2.35. The number of rotatable bonds is 5. The van der Waals surface area contributed by atoms with Gasteiger partial charge >= 0.3 is 0 Å². The normalized spacial score (nSPS) is 24.2. The second-order valence-corrected chi connectivity index (χ2v) is 11.7. The minimum Gasteiger partial charge on any atom is -0.349 e. The van der Waals surface area contributed by atoms with E-state index in [2.05, 4.69) is 5.32 Å². The van der Waals surface area contributed by atoms with Crippen molar-refractivity contribution in [3.8, 4) is 0 Å². The number of hydrogen-bond acceptors (Lipinski definition) is 3. The van der Waals surface area contributed by atoms with E-state index in [-0.39, 0.29) is 24.2 Å². The number of aromatic nitrogens is 1. The fourth-order valence-corrected chi connectivity index (χ4v) is 6.12. The summed E-state index contributed by atoms with van der Waals surface area (Å²) in [6.45, 7) is 4.08. The molecule has 2 aromatic rings. The number of sulfone groups is 1. The van der Waals surface area contributed by atoms with Crippen LogP contribution in [0.3, 0.4) is 0 Å². The summed E-state index contributed by atoms with van der Waals surface area (Å²) in [5.41, 5.74) is 3.05. The van der Waals surface area contributed by atoms with Crippen LogP contribution in [0.25, 0.3) is 10.9 Å². The number of fused-ring (bicyclic) bond motifs is 3. The van der Waals surface area contributed by atoms with Crippen molar-refractivity contribution in [1.29, 1.82) is 0 Å². The van der Waals surface area contributed by atoms with E-state index in [0.29, 0.717) is 10.6 Å². The van der Waals surface area contributed by atoms with E-state index >= 15 is 0 Å². The average molecular weight is 437 g/mol. The quantitative estimate of drug-likeness (QED) is 0.761. The van der Waals surface area contributed by atoms with Crippen molar-refractivity contribution >= 4 is 38.2 Å². The maximum absolute atomic E-state index is 13.3. The maximum atomic E-state index is 13.3. The Bertz CT molecular complexity index is 1060. The summed E-state index contributed by atoms with van der Waals surface area (Å²) in [6, 6.07) is 4.08. The van der Waals surface area contributed by atoms with Gasteiger partial charge in [0.15, 0.2) is 0 Å². The molecule has 1 heterocycles. The van der Waals surface area contributed by atoms with Crippen molar-refractivity contribution in [2.24, 2.45) is 11.8 Å². The Morgan fingerprint density at radius 3 is 2.45 bits per heavy atom. The van der Waals surface area contributed by atoms with Crippen LogP contribution in [0.4, 0.5) is 0 Å². The van der Waals surface area contributed by atoms with Crippen LogP contribution < -0.4 is 5.32 Å². The van der Waals surface area contributed by atoms with Crippen molar-refractivity contribution in [3.05, 3.63) is 34.0 Å². The van der Waals surface area contributed by atoms with Crippen LogP contribution in [0.1, 0.15) is 53.7 Å². The Labute approximate surface area is 177 Å². The molecule has 1 amide bonds. The number of amides is 1. The van der Waals surface area contributed by atoms with Gasteiger partial charge in [-0.15, -0.1) is 0 Å². The number of benzene rings is 1. The molecule has 4 rings (SSSR count). The van der Waals surface area contributed by atoms with Crippen LogP contribution in [0, 0.1) is 25.7 Å². The number of halogens is 1. The lowest BCUT2D eigenvalue weighted by atomic mass is 9.85. The van der Waals surface area contributed by atoms with Crippen molar-refractivity contribution < 1.29 is 13.2 Å². The first-order valence-corrected chi connectivity index (χ1v) is 12.8. The highest BCUT2D eigenvalue weighted by atomic mass is 35.5. The lowest BCUT2D eigenvalue weighted by molar-refractivity contribution is 0.0919. The molecule has 1 N–H and O–H groups in total. The predicted molar refractivity (Wildman–Crippen MR) is 117 cm³/mol. The molecule has 0 radical (unpaired) electrons. The molecule has 2 aliphatic carbocycles. The largest absolute Gasteiger partial charge is 0.349 e. The van der Waals surface area contributed by atoms with Gasteiger partial charge in [-0.05, 0) is 50.5 Å². The molecule has 0 spiro atoms. The van der Waals surface area contributed by atoms with E-state index < -0.39 is 9.84 Å². The van der Waals surface area contributed by atoms with Crippen molar-refractivity contribution in [2.75, 3.05) is 12.0 Å². The van der Waals surface area contributed by atoms with E-state index in [1.54, 1.807) is 0 Å². The number of aryl methyl sites for hydroxylation is 2. The van der Waals surface area contributed by atoms with Crippen molar-refractivity contribution in [1.82, 2.24) is 9.88 Å². The van der Waals surface area contributed by atoms with E-state index in [1.165, 1.54) is 25.5 Å². The Hall–Kier alpha value is -1.53. The summed E-state index contributed by atoms with van der Waals surface area (Å²) in [7, 11) is -3.13. The van der Waals surface area contributed by atoms with Gasteiger partial charge in [0.05, 0.1) is 21.9 Å². The molecule has 2 aliphatic rings. The second kappa shape index (κ2) is 7.62. The molecule has 2 fully saturated rings. The molecule has 0 saturated heterocycles. The fraction of sp³-hybridized carbons (Fsp3) is 0.591. The van der Waals surface area contributed by atoms with Gasteiger partial charge in [0, 0.05) is 29.9 Å². The summed E-state index contributed by atoms with van der Waals surface area (Å²) in [5, 5.41) is 4.65. The molecule has 1 aromatic carbocycles. The van der Waals surface area contributed by atoms with E-state index in [4.69, 9.17) is 11.6 Å². The first-order chi connectivity index (χ1) is 13.6. The van der Waals surface area contributed by atoms with E-state index in [9.17, 15) is 13.2 Å². The molecule has 1 aromatic heterocycles. The van der Waals surface area contributed by atoms with Crippen LogP contribution in [0.2, 0.25) is 5.02 Å². The van der Waals surface area contributed by atoms with Crippen LogP contribution >= 0.6 is 11.6 Å². The summed E-state index contributed by atoms with van der Waals surface area (Å²) >= 11 is 6.61. The number of carbonyl (C=O) groups is 1. The number of carbonyl (C=O) groups excluding carboxylic acids is 1. The molecule has 2 saturated carbocycles. The molecular weight excluding hydrogens is 408 g/mol. The fourth-order valence-electron chi connectivity index (χ4n) is 5.33. The van der Waals surface area contributed by atoms with Crippen molar-refractivity contribution in [3.63, 3.8) is 0 Å². The molecule has 7 heteroatoms. The third kappa shape index (κ3) is 4.06. The third-order valence-corrected chi connectivity index (χ3v) is 8.15. The van der Waals surface area contributed by atoms with Gasteiger partial charge in [-0.25, -0.2) is 8.42 Å². The monoisotopic (exact) mass is 436 g/mol. The SMILES string of the molecule is Cc1ccc2c(C(=O)NC3CC4CCC(C4)C3)c(C)n(CCS(C)(=O)=O)c2c1Cl. The zero-order valence-electron chi connectivity index (χ0n) is 17.3. The maximum Gasteiger partial charge on any atom is 0.253 e. The van der Waals surface area contributed by atoms with Crippen LogP contribution in [-0.2, 0) is 16.4 Å². The van der Waals surface area contributed by atoms with Crippen molar-refractivity contribution in [2.45, 2.75) is 58.5 Å². The molecule has 2 bridgehead atoms.